The summed E-state index contributed by atoms with van der Waals surface area (Å²) >= 11 is 0. The molecule has 0 aliphatic carbocycles. The third-order valence-corrected chi connectivity index (χ3v) is 2.75. The molecule has 84 valence electrons. The molecule has 0 heterocycles. The summed E-state index contributed by atoms with van der Waals surface area (Å²) in [7, 11) is 1.67. The van der Waals surface area contributed by atoms with Gasteiger partial charge in [0.1, 0.15) is 11.5 Å². The number of fused-ring (bicyclic) bond motifs is 1. The first kappa shape index (κ1) is 10.8. The van der Waals surface area contributed by atoms with Gasteiger partial charge in [0.15, 0.2) is 0 Å². The van der Waals surface area contributed by atoms with E-state index in [9.17, 15) is 5.11 Å². The van der Waals surface area contributed by atoms with Crippen molar-refractivity contribution in [3.8, 4) is 11.5 Å². The lowest BCUT2D eigenvalue weighted by Crippen LogP contribution is -1.88. The summed E-state index contributed by atoms with van der Waals surface area (Å²) < 4.78 is 5.22. The Morgan fingerprint density at radius 1 is 1.19 bits per heavy atom. The van der Waals surface area contributed by atoms with Gasteiger partial charge in [0.25, 0.3) is 0 Å². The van der Waals surface area contributed by atoms with E-state index < -0.39 is 0 Å². The van der Waals surface area contributed by atoms with Crippen LogP contribution in [-0.2, 0) is 6.42 Å². The topological polar surface area (TPSA) is 29.5 Å². The smallest absolute Gasteiger partial charge is 0.119 e. The van der Waals surface area contributed by atoms with E-state index in [0.29, 0.717) is 5.75 Å². The fourth-order valence-corrected chi connectivity index (χ4v) is 2.00. The van der Waals surface area contributed by atoms with Gasteiger partial charge in [-0.15, -0.1) is 0 Å². The summed E-state index contributed by atoms with van der Waals surface area (Å²) in [5.41, 5.74) is 1.18. The third-order valence-electron chi connectivity index (χ3n) is 2.75. The van der Waals surface area contributed by atoms with Crippen LogP contribution in [0.25, 0.3) is 10.8 Å². The molecule has 0 bridgehead atoms. The van der Waals surface area contributed by atoms with E-state index in [1.54, 1.807) is 13.2 Å². The molecule has 0 saturated carbocycles. The largest absolute Gasteiger partial charge is 0.508 e. The van der Waals surface area contributed by atoms with Crippen LogP contribution in [0.1, 0.15) is 18.9 Å². The van der Waals surface area contributed by atoms with Gasteiger partial charge in [-0.25, -0.2) is 0 Å². The van der Waals surface area contributed by atoms with Gasteiger partial charge in [-0.05, 0) is 47.0 Å². The average Bonchev–Trinajstić information content (AvgIpc) is 2.29. The number of methoxy groups -OCH3 is 1. The van der Waals surface area contributed by atoms with E-state index in [1.165, 1.54) is 10.9 Å². The SMILES string of the molecule is CCCc1cc(O)cc2ccc(OC)cc12. The molecule has 0 amide bonds. The summed E-state index contributed by atoms with van der Waals surface area (Å²) in [6.07, 6.45) is 2.04. The van der Waals surface area contributed by atoms with E-state index in [4.69, 9.17) is 4.74 Å². The molecule has 0 unspecified atom stereocenters. The fourth-order valence-electron chi connectivity index (χ4n) is 2.00. The van der Waals surface area contributed by atoms with Crippen molar-refractivity contribution in [2.75, 3.05) is 7.11 Å². The summed E-state index contributed by atoms with van der Waals surface area (Å²) in [6.45, 7) is 2.13. The van der Waals surface area contributed by atoms with Crippen LogP contribution in [-0.4, -0.2) is 12.2 Å². The molecule has 0 fully saturated rings. The monoisotopic (exact) mass is 216 g/mol. The maximum absolute atomic E-state index is 9.63. The van der Waals surface area contributed by atoms with Crippen molar-refractivity contribution in [2.24, 2.45) is 0 Å². The molecular formula is C14H16O2. The van der Waals surface area contributed by atoms with Gasteiger partial charge in [-0.2, -0.15) is 0 Å². The number of benzene rings is 2. The van der Waals surface area contributed by atoms with Crippen LogP contribution < -0.4 is 4.74 Å². The molecule has 0 aliphatic rings. The van der Waals surface area contributed by atoms with Crippen LogP contribution in [0, 0.1) is 0 Å². The highest BCUT2D eigenvalue weighted by molar-refractivity contribution is 5.88. The second-order valence-corrected chi connectivity index (χ2v) is 3.94. The zero-order chi connectivity index (χ0) is 11.5. The Morgan fingerprint density at radius 3 is 2.69 bits per heavy atom. The zero-order valence-corrected chi connectivity index (χ0v) is 9.66. The Morgan fingerprint density at radius 2 is 2.00 bits per heavy atom. The quantitative estimate of drug-likeness (QED) is 0.850. The van der Waals surface area contributed by atoms with Gasteiger partial charge in [0.2, 0.25) is 0 Å². The molecule has 0 radical (unpaired) electrons. The highest BCUT2D eigenvalue weighted by Crippen LogP contribution is 2.28. The first-order valence-electron chi connectivity index (χ1n) is 5.54. The molecular weight excluding hydrogens is 200 g/mol. The van der Waals surface area contributed by atoms with Crippen molar-refractivity contribution in [3.05, 3.63) is 35.9 Å². The lowest BCUT2D eigenvalue weighted by molar-refractivity contribution is 0.415. The molecule has 2 nitrogen and oxygen atoms in total. The van der Waals surface area contributed by atoms with Crippen LogP contribution in [0.4, 0.5) is 0 Å². The predicted molar refractivity (Wildman–Crippen MR) is 66.2 cm³/mol. The second kappa shape index (κ2) is 4.44. The highest BCUT2D eigenvalue weighted by atomic mass is 16.5. The molecule has 2 aromatic carbocycles. The third kappa shape index (κ3) is 1.96. The number of hydrogen-bond acceptors (Lipinski definition) is 2. The van der Waals surface area contributed by atoms with Crippen molar-refractivity contribution in [1.82, 2.24) is 0 Å². The molecule has 1 N–H and O–H groups in total. The molecule has 0 spiro atoms. The normalized spacial score (nSPS) is 10.6. The Labute approximate surface area is 95.5 Å². The van der Waals surface area contributed by atoms with Crippen LogP contribution in [0.5, 0.6) is 11.5 Å². The Hall–Kier alpha value is -1.70. The predicted octanol–water partition coefficient (Wildman–Crippen LogP) is 3.51. The van der Waals surface area contributed by atoms with Crippen molar-refractivity contribution in [1.29, 1.82) is 0 Å². The first-order chi connectivity index (χ1) is 7.74. The Kier molecular flexibility index (Phi) is 3.00. The summed E-state index contributed by atoms with van der Waals surface area (Å²) in [4.78, 5) is 0. The molecule has 16 heavy (non-hydrogen) atoms. The number of ether oxygens (including phenoxy) is 1. The van der Waals surface area contributed by atoms with Crippen molar-refractivity contribution >= 4 is 10.8 Å². The van der Waals surface area contributed by atoms with Crippen molar-refractivity contribution in [3.63, 3.8) is 0 Å². The average molecular weight is 216 g/mol. The minimum Gasteiger partial charge on any atom is -0.508 e. The summed E-state index contributed by atoms with van der Waals surface area (Å²) in [5, 5.41) is 11.9. The molecule has 0 saturated heterocycles. The fraction of sp³-hybridized carbons (Fsp3) is 0.286. The summed E-state index contributed by atoms with van der Waals surface area (Å²) in [5.74, 6) is 1.19. The lowest BCUT2D eigenvalue weighted by Gasteiger charge is -2.08. The van der Waals surface area contributed by atoms with Crippen molar-refractivity contribution < 1.29 is 9.84 Å². The van der Waals surface area contributed by atoms with Gasteiger partial charge in [-0.3, -0.25) is 0 Å². The summed E-state index contributed by atoms with van der Waals surface area (Å²) in [6, 6.07) is 9.55. The first-order valence-corrected chi connectivity index (χ1v) is 5.54. The van der Waals surface area contributed by atoms with Gasteiger partial charge in [0, 0.05) is 0 Å². The van der Waals surface area contributed by atoms with Gasteiger partial charge in [-0.1, -0.05) is 19.4 Å². The van der Waals surface area contributed by atoms with E-state index in [1.807, 2.05) is 24.3 Å². The van der Waals surface area contributed by atoms with Crippen LogP contribution in [0.3, 0.4) is 0 Å². The van der Waals surface area contributed by atoms with Gasteiger partial charge >= 0.3 is 0 Å². The standard InChI is InChI=1S/C14H16O2/c1-3-4-10-7-12(15)8-11-5-6-13(16-2)9-14(10)11/h5-9,15H,3-4H2,1-2H3. The number of phenolic OH excluding ortho intramolecular Hbond substituents is 1. The van der Waals surface area contributed by atoms with Gasteiger partial charge in [0.05, 0.1) is 7.11 Å². The van der Waals surface area contributed by atoms with E-state index in [-0.39, 0.29) is 0 Å². The van der Waals surface area contributed by atoms with Crippen LogP contribution in [0.2, 0.25) is 0 Å². The van der Waals surface area contributed by atoms with Crippen LogP contribution >= 0.6 is 0 Å². The number of aromatic hydroxyl groups is 1. The Bertz CT molecular complexity index is 503. The van der Waals surface area contributed by atoms with Gasteiger partial charge < -0.3 is 9.84 Å². The minimum atomic E-state index is 0.334. The molecule has 2 rings (SSSR count). The minimum absolute atomic E-state index is 0.334. The van der Waals surface area contributed by atoms with Crippen LogP contribution in [0.15, 0.2) is 30.3 Å². The molecule has 2 aromatic rings. The number of hydrogen-bond donors (Lipinski definition) is 1. The molecule has 0 aromatic heterocycles. The number of rotatable bonds is 3. The second-order valence-electron chi connectivity index (χ2n) is 3.94. The zero-order valence-electron chi connectivity index (χ0n) is 9.66. The maximum Gasteiger partial charge on any atom is 0.119 e. The van der Waals surface area contributed by atoms with E-state index in [0.717, 1.165) is 24.0 Å². The van der Waals surface area contributed by atoms with E-state index >= 15 is 0 Å². The molecule has 0 atom stereocenters. The van der Waals surface area contributed by atoms with Crippen molar-refractivity contribution in [2.45, 2.75) is 19.8 Å². The van der Waals surface area contributed by atoms with E-state index in [2.05, 4.69) is 6.92 Å². The number of aryl methyl sites for hydroxylation is 1. The lowest BCUT2D eigenvalue weighted by atomic mass is 10.0. The number of phenols is 1. The Balaban J connectivity index is 2.65. The molecule has 2 heteroatoms. The molecule has 0 aliphatic heterocycles. The highest BCUT2D eigenvalue weighted by Gasteiger charge is 2.04. The maximum atomic E-state index is 9.63.